The molecule has 2 N–H and O–H groups in total. The number of hydrogen-bond donors (Lipinski definition) is 2. The lowest BCUT2D eigenvalue weighted by Gasteiger charge is -2.44. The molecular weight excluding hydrogens is 217 g/mol. The monoisotopic (exact) mass is 237 g/mol. The Morgan fingerprint density at radius 3 is 2.00 bits per heavy atom. The van der Waals surface area contributed by atoms with Crippen LogP contribution in [0.3, 0.4) is 0 Å². The molecule has 0 bridgehead atoms. The van der Waals surface area contributed by atoms with Gasteiger partial charge in [0.05, 0.1) is 6.61 Å². The zero-order valence-electron chi connectivity index (χ0n) is 9.10. The maximum absolute atomic E-state index is 13.8. The quantitative estimate of drug-likeness (QED) is 0.732. The van der Waals surface area contributed by atoms with Crippen molar-refractivity contribution in [1.82, 2.24) is 5.32 Å². The summed E-state index contributed by atoms with van der Waals surface area (Å²) in [5, 5.41) is 12.3. The second-order valence-corrected chi connectivity index (χ2v) is 5.06. The maximum atomic E-state index is 13.8. The summed E-state index contributed by atoms with van der Waals surface area (Å²) < 4.78 is 13.8. The van der Waals surface area contributed by atoms with Crippen LogP contribution in [0, 0.1) is 5.41 Å². The molecule has 0 aromatic rings. The summed E-state index contributed by atoms with van der Waals surface area (Å²) in [5.41, 5.74) is -0.869. The fraction of sp³-hybridized carbons (Fsp3) is 1.00. The van der Waals surface area contributed by atoms with Crippen molar-refractivity contribution in [3.05, 3.63) is 0 Å². The lowest BCUT2D eigenvalue weighted by molar-refractivity contribution is -0.0150. The van der Waals surface area contributed by atoms with Crippen LogP contribution in [-0.2, 0) is 0 Å². The van der Waals surface area contributed by atoms with Crippen molar-refractivity contribution in [2.45, 2.75) is 44.2 Å². The summed E-state index contributed by atoms with van der Waals surface area (Å²) in [6.45, 7) is 1.87. The molecule has 0 radical (unpaired) electrons. The predicted molar refractivity (Wildman–Crippen MR) is 61.2 cm³/mol. The van der Waals surface area contributed by atoms with Crippen LogP contribution in [0.15, 0.2) is 0 Å². The second kappa shape index (κ2) is 4.98. The molecule has 1 saturated heterocycles. The van der Waals surface area contributed by atoms with Crippen LogP contribution in [0.25, 0.3) is 0 Å². The molecule has 1 spiro atoms. The number of alkyl halides is 1. The number of hydrogen-bond acceptors (Lipinski definition) is 2. The molecule has 0 unspecified atom stereocenters. The normalized spacial score (nSPS) is 28.4. The fourth-order valence-corrected chi connectivity index (χ4v) is 2.84. The predicted octanol–water partition coefficient (Wildman–Crippen LogP) is 2.05. The first kappa shape index (κ1) is 13.2. The molecule has 2 rings (SSSR count). The van der Waals surface area contributed by atoms with Crippen LogP contribution < -0.4 is 5.32 Å². The largest absolute Gasteiger partial charge is 0.393 e. The molecule has 0 amide bonds. The molecule has 0 aromatic heterocycles. The molecule has 0 atom stereocenters. The Kier molecular flexibility index (Phi) is 4.38. The van der Waals surface area contributed by atoms with Gasteiger partial charge >= 0.3 is 0 Å². The smallest absolute Gasteiger partial charge is 0.134 e. The summed E-state index contributed by atoms with van der Waals surface area (Å²) in [6.07, 6.45) is 5.42. The second-order valence-electron chi connectivity index (χ2n) is 5.06. The molecule has 1 heterocycles. The minimum absolute atomic E-state index is 0. The molecule has 0 aromatic carbocycles. The van der Waals surface area contributed by atoms with E-state index in [1.165, 1.54) is 12.8 Å². The number of aliphatic hydroxyl groups excluding tert-OH is 1. The molecular formula is C11H21ClFNO. The van der Waals surface area contributed by atoms with E-state index in [0.29, 0.717) is 18.3 Å². The third kappa shape index (κ3) is 2.83. The standard InChI is InChI=1S/C11H20FNO.ClH/c12-11(9-14)3-1-10(2-4-11)5-7-13-8-6-10;/h13-14H,1-9H2;1H. The summed E-state index contributed by atoms with van der Waals surface area (Å²) in [4.78, 5) is 0. The molecule has 1 aliphatic carbocycles. The van der Waals surface area contributed by atoms with Gasteiger partial charge in [-0.1, -0.05) is 0 Å². The topological polar surface area (TPSA) is 32.3 Å². The van der Waals surface area contributed by atoms with Gasteiger partial charge in [0, 0.05) is 0 Å². The maximum Gasteiger partial charge on any atom is 0.134 e. The average Bonchev–Trinajstić information content (AvgIpc) is 2.25. The molecule has 2 fully saturated rings. The van der Waals surface area contributed by atoms with E-state index in [1.807, 2.05) is 0 Å². The third-order valence-corrected chi connectivity index (χ3v) is 4.15. The van der Waals surface area contributed by atoms with E-state index in [1.54, 1.807) is 0 Å². The van der Waals surface area contributed by atoms with E-state index in [2.05, 4.69) is 5.32 Å². The first-order valence-electron chi connectivity index (χ1n) is 5.69. The zero-order valence-corrected chi connectivity index (χ0v) is 9.91. The molecule has 4 heteroatoms. The van der Waals surface area contributed by atoms with Crippen molar-refractivity contribution in [1.29, 1.82) is 0 Å². The molecule has 90 valence electrons. The average molecular weight is 238 g/mol. The van der Waals surface area contributed by atoms with Gasteiger partial charge in [-0.05, 0) is 57.0 Å². The Morgan fingerprint density at radius 1 is 1.00 bits per heavy atom. The van der Waals surface area contributed by atoms with Crippen molar-refractivity contribution in [3.63, 3.8) is 0 Å². The highest BCUT2D eigenvalue weighted by Gasteiger charge is 2.42. The highest BCUT2D eigenvalue weighted by molar-refractivity contribution is 5.85. The molecule has 2 aliphatic rings. The van der Waals surface area contributed by atoms with Crippen molar-refractivity contribution in [3.8, 4) is 0 Å². The van der Waals surface area contributed by atoms with E-state index in [-0.39, 0.29) is 19.0 Å². The molecule has 15 heavy (non-hydrogen) atoms. The number of nitrogens with one attached hydrogen (secondary N) is 1. The van der Waals surface area contributed by atoms with Crippen LogP contribution in [0.1, 0.15) is 38.5 Å². The van der Waals surface area contributed by atoms with E-state index in [9.17, 15) is 4.39 Å². The Hall–Kier alpha value is 0.140. The SMILES string of the molecule is Cl.OCC1(F)CCC2(CCNCC2)CC1. The zero-order chi connectivity index (χ0) is 10.1. The van der Waals surface area contributed by atoms with Crippen LogP contribution >= 0.6 is 12.4 Å². The third-order valence-electron chi connectivity index (χ3n) is 4.15. The Morgan fingerprint density at radius 2 is 1.53 bits per heavy atom. The van der Waals surface area contributed by atoms with E-state index < -0.39 is 5.67 Å². The first-order chi connectivity index (χ1) is 6.68. The van der Waals surface area contributed by atoms with Gasteiger partial charge < -0.3 is 10.4 Å². The van der Waals surface area contributed by atoms with Gasteiger partial charge in [-0.25, -0.2) is 4.39 Å². The number of aliphatic hydroxyl groups is 1. The summed E-state index contributed by atoms with van der Waals surface area (Å²) >= 11 is 0. The van der Waals surface area contributed by atoms with Gasteiger partial charge in [0.25, 0.3) is 0 Å². The van der Waals surface area contributed by atoms with E-state index in [4.69, 9.17) is 5.11 Å². The minimum Gasteiger partial charge on any atom is -0.393 e. The van der Waals surface area contributed by atoms with Crippen LogP contribution in [0.2, 0.25) is 0 Å². The van der Waals surface area contributed by atoms with Crippen molar-refractivity contribution in [2.24, 2.45) is 5.41 Å². The Balaban J connectivity index is 0.00000112. The lowest BCUT2D eigenvalue weighted by atomic mass is 9.65. The Labute approximate surface area is 97.0 Å². The van der Waals surface area contributed by atoms with E-state index in [0.717, 1.165) is 25.9 Å². The first-order valence-corrected chi connectivity index (χ1v) is 5.69. The molecule has 1 saturated carbocycles. The number of piperidine rings is 1. The van der Waals surface area contributed by atoms with Gasteiger partial charge in [-0.2, -0.15) is 0 Å². The van der Waals surface area contributed by atoms with Crippen LogP contribution in [0.4, 0.5) is 4.39 Å². The van der Waals surface area contributed by atoms with Gasteiger partial charge in [-0.15, -0.1) is 12.4 Å². The van der Waals surface area contributed by atoms with Crippen molar-refractivity contribution in [2.75, 3.05) is 19.7 Å². The minimum atomic E-state index is -1.27. The molecule has 2 nitrogen and oxygen atoms in total. The highest BCUT2D eigenvalue weighted by atomic mass is 35.5. The van der Waals surface area contributed by atoms with Gasteiger partial charge in [0.15, 0.2) is 0 Å². The Bertz CT molecular complexity index is 197. The van der Waals surface area contributed by atoms with E-state index >= 15 is 0 Å². The van der Waals surface area contributed by atoms with Gasteiger partial charge in [0.1, 0.15) is 5.67 Å². The van der Waals surface area contributed by atoms with Crippen LogP contribution in [0.5, 0.6) is 0 Å². The summed E-state index contributed by atoms with van der Waals surface area (Å²) in [7, 11) is 0. The van der Waals surface area contributed by atoms with Crippen molar-refractivity contribution >= 4 is 12.4 Å². The molecule has 1 aliphatic heterocycles. The van der Waals surface area contributed by atoms with Gasteiger partial charge in [0.2, 0.25) is 0 Å². The lowest BCUT2D eigenvalue weighted by Crippen LogP contribution is -2.43. The summed E-state index contributed by atoms with van der Waals surface area (Å²) in [5.74, 6) is 0. The number of rotatable bonds is 1. The van der Waals surface area contributed by atoms with Gasteiger partial charge in [-0.3, -0.25) is 0 Å². The van der Waals surface area contributed by atoms with Crippen molar-refractivity contribution < 1.29 is 9.50 Å². The number of halogens is 2. The fourth-order valence-electron chi connectivity index (χ4n) is 2.84. The summed E-state index contributed by atoms with van der Waals surface area (Å²) in [6, 6.07) is 0. The van der Waals surface area contributed by atoms with Crippen LogP contribution in [-0.4, -0.2) is 30.5 Å². The highest BCUT2D eigenvalue weighted by Crippen LogP contribution is 2.47.